The lowest BCUT2D eigenvalue weighted by atomic mass is 10.4. The highest BCUT2D eigenvalue weighted by atomic mass is 32.2. The number of aromatic carboxylic acids is 1. The highest BCUT2D eigenvalue weighted by Gasteiger charge is 2.13. The summed E-state index contributed by atoms with van der Waals surface area (Å²) >= 11 is 1.20. The molecule has 0 aliphatic heterocycles. The van der Waals surface area contributed by atoms with E-state index in [0.717, 1.165) is 0 Å². The van der Waals surface area contributed by atoms with E-state index in [2.05, 4.69) is 0 Å². The summed E-state index contributed by atoms with van der Waals surface area (Å²) in [6.45, 7) is 0. The Bertz CT molecular complexity index is 274. The number of carboxylic acids is 1. The summed E-state index contributed by atoms with van der Waals surface area (Å²) in [5, 5.41) is 10.2. The molecule has 1 aromatic rings. The predicted octanol–water partition coefficient (Wildman–Crippen LogP) is 1.18. The Morgan fingerprint density at radius 1 is 1.73 bits per heavy atom. The smallest absolute Gasteiger partial charge is 0.337 e. The van der Waals surface area contributed by atoms with Crippen LogP contribution < -0.4 is 0 Å². The summed E-state index contributed by atoms with van der Waals surface area (Å²) in [5.41, 5.74) is 0.149. The van der Waals surface area contributed by atoms with Gasteiger partial charge in [-0.3, -0.25) is 4.21 Å². The molecule has 3 nitrogen and oxygen atoms in total. The van der Waals surface area contributed by atoms with E-state index < -0.39 is 16.8 Å². The molecule has 1 N–H and O–H groups in total. The number of hydrogen-bond donors (Lipinski definition) is 1. The van der Waals surface area contributed by atoms with E-state index in [0.29, 0.717) is 4.21 Å². The zero-order valence-electron chi connectivity index (χ0n) is 5.73. The Hall–Kier alpha value is -0.680. The maximum absolute atomic E-state index is 10.9. The Balaban J connectivity index is 3.16. The van der Waals surface area contributed by atoms with E-state index in [9.17, 15) is 9.00 Å². The molecule has 1 heterocycles. The van der Waals surface area contributed by atoms with Crippen molar-refractivity contribution in [1.29, 1.82) is 0 Å². The van der Waals surface area contributed by atoms with Crippen LogP contribution >= 0.6 is 11.3 Å². The third-order valence-corrected chi connectivity index (χ3v) is 3.56. The molecule has 0 saturated carbocycles. The van der Waals surface area contributed by atoms with Gasteiger partial charge in [0.25, 0.3) is 0 Å². The van der Waals surface area contributed by atoms with Gasteiger partial charge in [0.2, 0.25) is 0 Å². The molecule has 1 rings (SSSR count). The van der Waals surface area contributed by atoms with E-state index >= 15 is 0 Å². The minimum Gasteiger partial charge on any atom is -0.478 e. The third-order valence-electron chi connectivity index (χ3n) is 1.12. The molecule has 0 radical (unpaired) electrons. The monoisotopic (exact) mass is 190 g/mol. The van der Waals surface area contributed by atoms with Crippen molar-refractivity contribution >= 4 is 28.1 Å². The molecule has 5 heteroatoms. The van der Waals surface area contributed by atoms with E-state index in [1.54, 1.807) is 5.38 Å². The van der Waals surface area contributed by atoms with E-state index in [4.69, 9.17) is 5.11 Å². The lowest BCUT2D eigenvalue weighted by molar-refractivity contribution is 0.0694. The van der Waals surface area contributed by atoms with Crippen LogP contribution in [0.3, 0.4) is 0 Å². The zero-order valence-corrected chi connectivity index (χ0v) is 7.37. The van der Waals surface area contributed by atoms with Crippen molar-refractivity contribution < 1.29 is 14.1 Å². The van der Waals surface area contributed by atoms with Gasteiger partial charge in [0, 0.05) is 6.26 Å². The number of hydrogen-bond acceptors (Lipinski definition) is 3. The molecular weight excluding hydrogens is 184 g/mol. The van der Waals surface area contributed by atoms with Gasteiger partial charge in [-0.15, -0.1) is 11.3 Å². The molecule has 0 bridgehead atoms. The van der Waals surface area contributed by atoms with Crippen LogP contribution in [0.4, 0.5) is 0 Å². The second kappa shape index (κ2) is 3.15. The van der Waals surface area contributed by atoms with Crippen LogP contribution in [0.1, 0.15) is 10.4 Å². The van der Waals surface area contributed by atoms with E-state index in [1.165, 1.54) is 23.7 Å². The lowest BCUT2D eigenvalue weighted by Crippen LogP contribution is -1.98. The summed E-state index contributed by atoms with van der Waals surface area (Å²) in [7, 11) is -1.19. The van der Waals surface area contributed by atoms with Crippen LogP contribution in [0.15, 0.2) is 15.7 Å². The van der Waals surface area contributed by atoms with E-state index in [-0.39, 0.29) is 5.56 Å². The largest absolute Gasteiger partial charge is 0.478 e. The zero-order chi connectivity index (χ0) is 8.43. The van der Waals surface area contributed by atoms with Crippen LogP contribution in [0.2, 0.25) is 0 Å². The maximum Gasteiger partial charge on any atom is 0.337 e. The lowest BCUT2D eigenvalue weighted by Gasteiger charge is -1.91. The van der Waals surface area contributed by atoms with Crippen LogP contribution in [0, 0.1) is 0 Å². The van der Waals surface area contributed by atoms with Crippen molar-refractivity contribution in [3.05, 3.63) is 17.0 Å². The van der Waals surface area contributed by atoms with Crippen LogP contribution in [-0.2, 0) is 10.8 Å². The number of thiophene rings is 1. The first-order valence-corrected chi connectivity index (χ1v) is 5.21. The van der Waals surface area contributed by atoms with Crippen molar-refractivity contribution in [3.8, 4) is 0 Å². The Labute approximate surface area is 70.1 Å². The van der Waals surface area contributed by atoms with Gasteiger partial charge in [0.05, 0.1) is 16.4 Å². The van der Waals surface area contributed by atoms with Crippen molar-refractivity contribution in [2.75, 3.05) is 6.26 Å². The van der Waals surface area contributed by atoms with Gasteiger partial charge in [-0.05, 0) is 11.4 Å². The second-order valence-electron chi connectivity index (χ2n) is 1.88. The molecule has 0 aliphatic rings. The average molecular weight is 190 g/mol. The summed E-state index contributed by atoms with van der Waals surface area (Å²) in [5.74, 6) is -1.02. The van der Waals surface area contributed by atoms with Gasteiger partial charge in [-0.25, -0.2) is 4.79 Å². The summed E-state index contributed by atoms with van der Waals surface area (Å²) in [6.07, 6.45) is 1.47. The molecule has 0 amide bonds. The molecule has 60 valence electrons. The van der Waals surface area contributed by atoms with Gasteiger partial charge >= 0.3 is 5.97 Å². The fraction of sp³-hybridized carbons (Fsp3) is 0.167. The van der Waals surface area contributed by atoms with Gasteiger partial charge < -0.3 is 5.11 Å². The number of rotatable bonds is 2. The van der Waals surface area contributed by atoms with Gasteiger partial charge in [0.15, 0.2) is 0 Å². The fourth-order valence-corrected chi connectivity index (χ4v) is 2.46. The molecule has 1 atom stereocenters. The Kier molecular flexibility index (Phi) is 2.41. The molecule has 1 aromatic heterocycles. The van der Waals surface area contributed by atoms with Crippen LogP contribution in [0.5, 0.6) is 0 Å². The van der Waals surface area contributed by atoms with Crippen molar-refractivity contribution in [2.24, 2.45) is 0 Å². The van der Waals surface area contributed by atoms with Gasteiger partial charge in [-0.2, -0.15) is 0 Å². The topological polar surface area (TPSA) is 54.4 Å². The Morgan fingerprint density at radius 2 is 2.36 bits per heavy atom. The SMILES string of the molecule is CS(=O)c1sccc1C(=O)O. The highest BCUT2D eigenvalue weighted by Crippen LogP contribution is 2.19. The van der Waals surface area contributed by atoms with Gasteiger partial charge in [0.1, 0.15) is 4.21 Å². The minimum atomic E-state index is -1.19. The highest BCUT2D eigenvalue weighted by molar-refractivity contribution is 7.86. The van der Waals surface area contributed by atoms with Crippen LogP contribution in [-0.4, -0.2) is 21.5 Å². The molecule has 0 aromatic carbocycles. The standard InChI is InChI=1S/C6H6O3S2/c1-11(9)6-4(5(7)8)2-3-10-6/h2-3H,1H3,(H,7,8). The molecule has 0 fully saturated rings. The average Bonchev–Trinajstić information content (AvgIpc) is 2.32. The first kappa shape index (κ1) is 8.42. The number of carbonyl (C=O) groups is 1. The van der Waals surface area contributed by atoms with Gasteiger partial charge in [-0.1, -0.05) is 0 Å². The van der Waals surface area contributed by atoms with Crippen molar-refractivity contribution in [2.45, 2.75) is 4.21 Å². The summed E-state index contributed by atoms with van der Waals surface area (Å²) in [6, 6.07) is 1.46. The number of carboxylic acid groups (broad SMARTS) is 1. The molecule has 0 aliphatic carbocycles. The fourth-order valence-electron chi connectivity index (χ4n) is 0.677. The second-order valence-corrected chi connectivity index (χ2v) is 4.37. The van der Waals surface area contributed by atoms with Crippen molar-refractivity contribution in [1.82, 2.24) is 0 Å². The molecule has 11 heavy (non-hydrogen) atoms. The normalized spacial score (nSPS) is 12.8. The molecule has 1 unspecified atom stereocenters. The Morgan fingerprint density at radius 3 is 2.73 bits per heavy atom. The quantitative estimate of drug-likeness (QED) is 0.762. The summed E-state index contributed by atoms with van der Waals surface area (Å²) in [4.78, 5) is 10.5. The predicted molar refractivity (Wildman–Crippen MR) is 43.6 cm³/mol. The van der Waals surface area contributed by atoms with Crippen LogP contribution in [0.25, 0.3) is 0 Å². The van der Waals surface area contributed by atoms with Crippen molar-refractivity contribution in [3.63, 3.8) is 0 Å². The molecule has 0 saturated heterocycles. The first-order chi connectivity index (χ1) is 5.13. The molecule has 0 spiro atoms. The van der Waals surface area contributed by atoms with E-state index in [1.807, 2.05) is 0 Å². The summed E-state index contributed by atoms with van der Waals surface area (Å²) < 4.78 is 11.3. The maximum atomic E-state index is 10.9. The minimum absolute atomic E-state index is 0.149. The third kappa shape index (κ3) is 1.66. The first-order valence-electron chi connectivity index (χ1n) is 2.77. The molecular formula is C6H6O3S2.